The first kappa shape index (κ1) is 21.1. The highest BCUT2D eigenvalue weighted by Crippen LogP contribution is 2.34. The molecule has 2 aliphatic rings. The SMILES string of the molecule is CCc1nn(C2CCCC2)c2nc(-c3ccnc(OC(C)N4CCOCC4)c3)nc(N)c12. The van der Waals surface area contributed by atoms with E-state index in [2.05, 4.69) is 26.5 Å². The fourth-order valence-electron chi connectivity index (χ4n) is 4.72. The topological polar surface area (TPSA) is 104 Å². The molecule has 1 atom stereocenters. The number of nitrogens with zero attached hydrogens (tertiary/aromatic N) is 6. The lowest BCUT2D eigenvalue weighted by Crippen LogP contribution is -2.44. The fraction of sp³-hybridized carbons (Fsp3) is 0.565. The van der Waals surface area contributed by atoms with E-state index in [0.717, 1.165) is 67.9 Å². The Morgan fingerprint density at radius 1 is 1.22 bits per heavy atom. The molecule has 32 heavy (non-hydrogen) atoms. The minimum Gasteiger partial charge on any atom is -0.459 e. The molecule has 0 aromatic carbocycles. The summed E-state index contributed by atoms with van der Waals surface area (Å²) in [6, 6.07) is 4.16. The molecule has 0 radical (unpaired) electrons. The largest absolute Gasteiger partial charge is 0.459 e. The maximum Gasteiger partial charge on any atom is 0.215 e. The van der Waals surface area contributed by atoms with E-state index in [4.69, 9.17) is 25.3 Å². The Hall–Kier alpha value is -2.78. The first-order valence-electron chi connectivity index (χ1n) is 11.6. The molecule has 1 aliphatic heterocycles. The molecule has 1 unspecified atom stereocenters. The number of nitrogens with two attached hydrogens (primary N) is 1. The van der Waals surface area contributed by atoms with Gasteiger partial charge in [0.15, 0.2) is 17.7 Å². The lowest BCUT2D eigenvalue weighted by Gasteiger charge is -2.31. The standard InChI is InChI=1S/C23H31N7O2/c1-3-18-20-21(24)26-22(27-23(20)30(28-18)17-6-4-5-7-17)16-8-9-25-19(14-16)32-15(2)29-10-12-31-13-11-29/h8-9,14-15,17H,3-7,10-13H2,1-2H3,(H2,24,26,27). The second-order valence-electron chi connectivity index (χ2n) is 8.56. The molecule has 4 heterocycles. The number of morpholine rings is 1. The molecule has 1 saturated carbocycles. The first-order chi connectivity index (χ1) is 15.6. The average Bonchev–Trinajstić information content (AvgIpc) is 3.48. The minimum absolute atomic E-state index is 0.0916. The van der Waals surface area contributed by atoms with Gasteiger partial charge in [-0.05, 0) is 32.3 Å². The third-order valence-electron chi connectivity index (χ3n) is 6.50. The number of anilines is 1. The van der Waals surface area contributed by atoms with Gasteiger partial charge >= 0.3 is 0 Å². The zero-order valence-corrected chi connectivity index (χ0v) is 18.8. The molecule has 3 aromatic heterocycles. The number of aromatic nitrogens is 5. The van der Waals surface area contributed by atoms with Crippen molar-refractivity contribution in [1.29, 1.82) is 0 Å². The van der Waals surface area contributed by atoms with Crippen LogP contribution in [0.15, 0.2) is 18.3 Å². The van der Waals surface area contributed by atoms with Crippen LogP contribution in [0.5, 0.6) is 5.88 Å². The van der Waals surface area contributed by atoms with Crippen LogP contribution in [0.3, 0.4) is 0 Å². The van der Waals surface area contributed by atoms with Crippen LogP contribution in [0, 0.1) is 0 Å². The molecule has 1 aliphatic carbocycles. The number of nitrogen functional groups attached to an aromatic ring is 1. The summed E-state index contributed by atoms with van der Waals surface area (Å²) in [5, 5.41) is 5.76. The summed E-state index contributed by atoms with van der Waals surface area (Å²) in [4.78, 5) is 16.2. The van der Waals surface area contributed by atoms with E-state index in [9.17, 15) is 0 Å². The van der Waals surface area contributed by atoms with Crippen molar-refractivity contribution in [2.75, 3.05) is 32.0 Å². The van der Waals surface area contributed by atoms with Crippen LogP contribution in [-0.2, 0) is 11.2 Å². The Labute approximate surface area is 187 Å². The van der Waals surface area contributed by atoms with E-state index in [1.807, 2.05) is 19.1 Å². The zero-order chi connectivity index (χ0) is 22.1. The number of rotatable bonds is 6. The molecule has 0 bridgehead atoms. The lowest BCUT2D eigenvalue weighted by molar-refractivity contribution is -0.0388. The molecule has 2 fully saturated rings. The highest BCUT2D eigenvalue weighted by molar-refractivity contribution is 5.90. The van der Waals surface area contributed by atoms with Gasteiger partial charge in [0, 0.05) is 30.9 Å². The summed E-state index contributed by atoms with van der Waals surface area (Å²) in [5.74, 6) is 1.59. The van der Waals surface area contributed by atoms with Gasteiger partial charge in [0.1, 0.15) is 5.82 Å². The van der Waals surface area contributed by atoms with E-state index in [0.29, 0.717) is 23.6 Å². The second kappa shape index (κ2) is 8.99. The molecule has 0 spiro atoms. The molecular formula is C23H31N7O2. The molecule has 0 amide bonds. The van der Waals surface area contributed by atoms with Crippen molar-refractivity contribution in [1.82, 2.24) is 29.6 Å². The van der Waals surface area contributed by atoms with Gasteiger partial charge in [-0.15, -0.1) is 0 Å². The number of aryl methyl sites for hydroxylation is 1. The van der Waals surface area contributed by atoms with Crippen molar-refractivity contribution in [2.45, 2.75) is 58.2 Å². The quantitative estimate of drug-likeness (QED) is 0.627. The summed E-state index contributed by atoms with van der Waals surface area (Å²) in [5.41, 5.74) is 9.06. The van der Waals surface area contributed by atoms with Gasteiger partial charge in [-0.1, -0.05) is 19.8 Å². The van der Waals surface area contributed by atoms with Crippen LogP contribution in [0.1, 0.15) is 51.3 Å². The summed E-state index contributed by atoms with van der Waals surface area (Å²) >= 11 is 0. The number of hydrogen-bond donors (Lipinski definition) is 1. The van der Waals surface area contributed by atoms with Crippen LogP contribution in [0.2, 0.25) is 0 Å². The minimum atomic E-state index is -0.0916. The molecule has 5 rings (SSSR count). The average molecular weight is 438 g/mol. The Morgan fingerprint density at radius 3 is 2.75 bits per heavy atom. The maximum absolute atomic E-state index is 6.43. The third-order valence-corrected chi connectivity index (χ3v) is 6.50. The molecule has 3 aromatic rings. The van der Waals surface area contributed by atoms with Crippen molar-refractivity contribution < 1.29 is 9.47 Å². The van der Waals surface area contributed by atoms with Crippen LogP contribution < -0.4 is 10.5 Å². The van der Waals surface area contributed by atoms with E-state index in [1.54, 1.807) is 6.20 Å². The normalized spacial score (nSPS) is 18.9. The third kappa shape index (κ3) is 4.02. The molecular weight excluding hydrogens is 406 g/mol. The second-order valence-corrected chi connectivity index (χ2v) is 8.56. The number of fused-ring (bicyclic) bond motifs is 1. The summed E-state index contributed by atoms with van der Waals surface area (Å²) < 4.78 is 13.6. The summed E-state index contributed by atoms with van der Waals surface area (Å²) in [6.45, 7) is 7.28. The van der Waals surface area contributed by atoms with Gasteiger partial charge < -0.3 is 15.2 Å². The molecule has 170 valence electrons. The molecule has 9 heteroatoms. The molecule has 2 N–H and O–H groups in total. The highest BCUT2D eigenvalue weighted by Gasteiger charge is 2.25. The summed E-state index contributed by atoms with van der Waals surface area (Å²) in [6.07, 6.45) is 7.16. The number of hydrogen-bond acceptors (Lipinski definition) is 8. The monoisotopic (exact) mass is 437 g/mol. The Bertz CT molecular complexity index is 1090. The predicted octanol–water partition coefficient (Wildman–Crippen LogP) is 3.21. The molecule has 1 saturated heterocycles. The van der Waals surface area contributed by atoms with Crippen LogP contribution in [0.4, 0.5) is 5.82 Å². The van der Waals surface area contributed by atoms with Crippen LogP contribution in [0.25, 0.3) is 22.4 Å². The van der Waals surface area contributed by atoms with E-state index in [-0.39, 0.29) is 6.23 Å². The Kier molecular flexibility index (Phi) is 5.93. The maximum atomic E-state index is 6.43. The van der Waals surface area contributed by atoms with E-state index < -0.39 is 0 Å². The zero-order valence-electron chi connectivity index (χ0n) is 18.8. The van der Waals surface area contributed by atoms with Gasteiger partial charge in [-0.3, -0.25) is 4.90 Å². The van der Waals surface area contributed by atoms with Crippen molar-refractivity contribution in [2.24, 2.45) is 0 Å². The fourth-order valence-corrected chi connectivity index (χ4v) is 4.72. The highest BCUT2D eigenvalue weighted by atomic mass is 16.5. The summed E-state index contributed by atoms with van der Waals surface area (Å²) in [7, 11) is 0. The Balaban J connectivity index is 1.48. The van der Waals surface area contributed by atoms with Gasteiger partial charge in [0.2, 0.25) is 5.88 Å². The van der Waals surface area contributed by atoms with Crippen molar-refractivity contribution in [3.8, 4) is 17.3 Å². The first-order valence-corrected chi connectivity index (χ1v) is 11.6. The van der Waals surface area contributed by atoms with Crippen molar-refractivity contribution >= 4 is 16.9 Å². The van der Waals surface area contributed by atoms with Gasteiger partial charge in [-0.2, -0.15) is 5.10 Å². The smallest absolute Gasteiger partial charge is 0.215 e. The van der Waals surface area contributed by atoms with Gasteiger partial charge in [0.25, 0.3) is 0 Å². The van der Waals surface area contributed by atoms with Crippen LogP contribution in [-0.4, -0.2) is 62.2 Å². The van der Waals surface area contributed by atoms with Gasteiger partial charge in [-0.25, -0.2) is 19.6 Å². The molecule has 9 nitrogen and oxygen atoms in total. The van der Waals surface area contributed by atoms with Crippen LogP contribution >= 0.6 is 0 Å². The van der Waals surface area contributed by atoms with E-state index >= 15 is 0 Å². The van der Waals surface area contributed by atoms with E-state index in [1.165, 1.54) is 12.8 Å². The van der Waals surface area contributed by atoms with Crippen molar-refractivity contribution in [3.05, 3.63) is 24.0 Å². The lowest BCUT2D eigenvalue weighted by atomic mass is 10.2. The number of pyridine rings is 1. The predicted molar refractivity (Wildman–Crippen MR) is 122 cm³/mol. The Morgan fingerprint density at radius 2 is 2.00 bits per heavy atom. The van der Waals surface area contributed by atoms with Crippen molar-refractivity contribution in [3.63, 3.8) is 0 Å². The number of ether oxygens (including phenoxy) is 2. The van der Waals surface area contributed by atoms with Gasteiger partial charge in [0.05, 0.1) is 30.3 Å².